The van der Waals surface area contributed by atoms with Crippen LogP contribution in [-0.2, 0) is 4.79 Å². The highest BCUT2D eigenvalue weighted by Crippen LogP contribution is 2.33. The van der Waals surface area contributed by atoms with Gasteiger partial charge in [0.1, 0.15) is 19.8 Å². The molecular formula is C17H14N2O4. The predicted molar refractivity (Wildman–Crippen MR) is 84.2 cm³/mol. The molecule has 0 radical (unpaired) electrons. The molecule has 2 aromatic carbocycles. The molecule has 2 heterocycles. The lowest BCUT2D eigenvalue weighted by atomic mass is 10.1. The number of carbonyl (C=O) groups is 2. The number of benzene rings is 2. The number of amides is 2. The summed E-state index contributed by atoms with van der Waals surface area (Å²) >= 11 is 0. The minimum Gasteiger partial charge on any atom is -0.486 e. The van der Waals surface area contributed by atoms with E-state index in [4.69, 9.17) is 9.47 Å². The van der Waals surface area contributed by atoms with E-state index in [2.05, 4.69) is 5.32 Å². The van der Waals surface area contributed by atoms with Crippen LogP contribution in [-0.4, -0.2) is 31.6 Å². The largest absolute Gasteiger partial charge is 0.486 e. The molecule has 2 aliphatic heterocycles. The molecule has 1 N–H and O–H groups in total. The third-order valence-electron chi connectivity index (χ3n) is 3.80. The smallest absolute Gasteiger partial charge is 0.258 e. The lowest BCUT2D eigenvalue weighted by Crippen LogP contribution is -2.42. The number of anilines is 2. The number of fused-ring (bicyclic) bond motifs is 2. The number of carbonyl (C=O) groups excluding carboxylic acids is 2. The molecular weight excluding hydrogens is 296 g/mol. The maximum absolute atomic E-state index is 12.8. The van der Waals surface area contributed by atoms with E-state index in [0.717, 1.165) is 0 Å². The molecule has 23 heavy (non-hydrogen) atoms. The second-order valence-electron chi connectivity index (χ2n) is 5.32. The Hall–Kier alpha value is -3.02. The molecule has 4 rings (SSSR count). The van der Waals surface area contributed by atoms with Crippen molar-refractivity contribution in [1.29, 1.82) is 0 Å². The van der Waals surface area contributed by atoms with Crippen molar-refractivity contribution in [2.75, 3.05) is 30.0 Å². The highest BCUT2D eigenvalue weighted by atomic mass is 16.6. The van der Waals surface area contributed by atoms with Gasteiger partial charge in [-0.05, 0) is 30.3 Å². The molecule has 0 spiro atoms. The topological polar surface area (TPSA) is 67.9 Å². The normalized spacial score (nSPS) is 15.7. The van der Waals surface area contributed by atoms with Gasteiger partial charge in [-0.25, -0.2) is 0 Å². The fourth-order valence-electron chi connectivity index (χ4n) is 2.75. The van der Waals surface area contributed by atoms with E-state index >= 15 is 0 Å². The summed E-state index contributed by atoms with van der Waals surface area (Å²) in [6, 6.07) is 12.3. The Bertz CT molecular complexity index is 803. The van der Waals surface area contributed by atoms with Crippen LogP contribution in [0.2, 0.25) is 0 Å². The Morgan fingerprint density at radius 2 is 1.83 bits per heavy atom. The second-order valence-corrected chi connectivity index (χ2v) is 5.32. The number of nitrogens with one attached hydrogen (secondary N) is 1. The van der Waals surface area contributed by atoms with Crippen molar-refractivity contribution < 1.29 is 19.1 Å². The summed E-state index contributed by atoms with van der Waals surface area (Å²) in [4.78, 5) is 26.2. The van der Waals surface area contributed by atoms with Gasteiger partial charge in [-0.15, -0.1) is 0 Å². The third kappa shape index (κ3) is 2.38. The van der Waals surface area contributed by atoms with Gasteiger partial charge in [-0.1, -0.05) is 12.1 Å². The van der Waals surface area contributed by atoms with Crippen molar-refractivity contribution >= 4 is 23.2 Å². The third-order valence-corrected chi connectivity index (χ3v) is 3.80. The molecule has 0 fully saturated rings. The minimum atomic E-state index is -0.246. The first-order valence-corrected chi connectivity index (χ1v) is 7.33. The molecule has 0 saturated heterocycles. The van der Waals surface area contributed by atoms with Crippen molar-refractivity contribution in [2.24, 2.45) is 0 Å². The summed E-state index contributed by atoms with van der Waals surface area (Å²) in [6.07, 6.45) is 0. The van der Waals surface area contributed by atoms with Gasteiger partial charge in [-0.3, -0.25) is 14.5 Å². The first kappa shape index (κ1) is 13.6. The van der Waals surface area contributed by atoms with E-state index in [9.17, 15) is 9.59 Å². The maximum atomic E-state index is 12.8. The number of rotatable bonds is 1. The fourth-order valence-corrected chi connectivity index (χ4v) is 2.75. The molecule has 116 valence electrons. The van der Waals surface area contributed by atoms with Crippen molar-refractivity contribution in [2.45, 2.75) is 0 Å². The number of hydrogen-bond acceptors (Lipinski definition) is 4. The zero-order chi connectivity index (χ0) is 15.8. The van der Waals surface area contributed by atoms with Crippen molar-refractivity contribution in [3.63, 3.8) is 0 Å². The molecule has 0 saturated carbocycles. The molecule has 6 nitrogen and oxygen atoms in total. The molecule has 2 aliphatic rings. The highest BCUT2D eigenvalue weighted by Gasteiger charge is 2.28. The minimum absolute atomic E-state index is 0.00963. The van der Waals surface area contributed by atoms with Gasteiger partial charge in [0.05, 0.1) is 11.4 Å². The van der Waals surface area contributed by atoms with Crippen molar-refractivity contribution in [3.8, 4) is 11.5 Å². The van der Waals surface area contributed by atoms with E-state index in [-0.39, 0.29) is 18.4 Å². The lowest BCUT2D eigenvalue weighted by Gasteiger charge is -2.29. The van der Waals surface area contributed by atoms with Crippen molar-refractivity contribution in [3.05, 3.63) is 48.0 Å². The molecule has 2 amide bonds. The predicted octanol–water partition coefficient (Wildman–Crippen LogP) is 2.06. The Morgan fingerprint density at radius 3 is 2.70 bits per heavy atom. The Balaban J connectivity index is 1.71. The van der Waals surface area contributed by atoms with Gasteiger partial charge in [0.25, 0.3) is 5.91 Å². The van der Waals surface area contributed by atoms with Gasteiger partial charge in [0, 0.05) is 5.56 Å². The molecule has 0 unspecified atom stereocenters. The van der Waals surface area contributed by atoms with Crippen LogP contribution in [0.4, 0.5) is 11.4 Å². The van der Waals surface area contributed by atoms with Gasteiger partial charge in [0.15, 0.2) is 11.5 Å². The second kappa shape index (κ2) is 5.31. The quantitative estimate of drug-likeness (QED) is 0.875. The SMILES string of the molecule is O=C1CN(C(=O)c2ccc3c(c2)OCCO3)c2ccccc2N1. The van der Waals surface area contributed by atoms with E-state index < -0.39 is 0 Å². The van der Waals surface area contributed by atoms with Crippen LogP contribution in [0.15, 0.2) is 42.5 Å². The average molecular weight is 310 g/mol. The summed E-state index contributed by atoms with van der Waals surface area (Å²) < 4.78 is 11.0. The number of nitrogens with zero attached hydrogens (tertiary/aromatic N) is 1. The van der Waals surface area contributed by atoms with E-state index in [0.29, 0.717) is 41.7 Å². The molecule has 6 heteroatoms. The summed E-state index contributed by atoms with van der Waals surface area (Å²) in [5, 5.41) is 2.77. The van der Waals surface area contributed by atoms with E-state index in [1.807, 2.05) is 18.2 Å². The van der Waals surface area contributed by atoms with Crippen molar-refractivity contribution in [1.82, 2.24) is 0 Å². The van der Waals surface area contributed by atoms with Gasteiger partial charge in [-0.2, -0.15) is 0 Å². The molecule has 0 bridgehead atoms. The Morgan fingerprint density at radius 1 is 1.04 bits per heavy atom. The zero-order valence-electron chi connectivity index (χ0n) is 12.2. The lowest BCUT2D eigenvalue weighted by molar-refractivity contribution is -0.115. The van der Waals surface area contributed by atoms with Crippen LogP contribution in [0.3, 0.4) is 0 Å². The first-order valence-electron chi connectivity index (χ1n) is 7.33. The van der Waals surface area contributed by atoms with Crippen LogP contribution in [0.25, 0.3) is 0 Å². The number of hydrogen-bond donors (Lipinski definition) is 1. The molecule has 0 aliphatic carbocycles. The maximum Gasteiger partial charge on any atom is 0.258 e. The zero-order valence-corrected chi connectivity index (χ0v) is 12.2. The standard InChI is InChI=1S/C17H14N2O4/c20-16-10-19(13-4-2-1-3-12(13)18-16)17(21)11-5-6-14-15(9-11)23-8-7-22-14/h1-6,9H,7-8,10H2,(H,18,20). The van der Waals surface area contributed by atoms with E-state index in [1.54, 1.807) is 24.3 Å². The summed E-state index contributed by atoms with van der Waals surface area (Å²) in [7, 11) is 0. The van der Waals surface area contributed by atoms with Crippen LogP contribution in [0, 0.1) is 0 Å². The average Bonchev–Trinajstić information content (AvgIpc) is 2.60. The first-order chi connectivity index (χ1) is 11.2. The Labute approximate surface area is 132 Å². The highest BCUT2D eigenvalue weighted by molar-refractivity contribution is 6.15. The Kier molecular flexibility index (Phi) is 3.15. The molecule has 0 aromatic heterocycles. The number of para-hydroxylation sites is 2. The summed E-state index contributed by atoms with van der Waals surface area (Å²) in [6.45, 7) is 0.948. The van der Waals surface area contributed by atoms with Crippen LogP contribution in [0.1, 0.15) is 10.4 Å². The van der Waals surface area contributed by atoms with Crippen LogP contribution < -0.4 is 19.7 Å². The van der Waals surface area contributed by atoms with E-state index in [1.165, 1.54) is 4.90 Å². The molecule has 2 aromatic rings. The van der Waals surface area contributed by atoms with Crippen LogP contribution in [0.5, 0.6) is 11.5 Å². The summed E-state index contributed by atoms with van der Waals surface area (Å²) in [5.74, 6) is 0.723. The van der Waals surface area contributed by atoms with Gasteiger partial charge < -0.3 is 14.8 Å². The van der Waals surface area contributed by atoms with Gasteiger partial charge >= 0.3 is 0 Å². The fraction of sp³-hybridized carbons (Fsp3) is 0.176. The summed E-state index contributed by atoms with van der Waals surface area (Å²) in [5.41, 5.74) is 1.78. The molecule has 0 atom stereocenters. The monoisotopic (exact) mass is 310 g/mol. The van der Waals surface area contributed by atoms with Crippen LogP contribution >= 0.6 is 0 Å². The van der Waals surface area contributed by atoms with Gasteiger partial charge in [0.2, 0.25) is 5.91 Å². The number of ether oxygens (including phenoxy) is 2.